The second kappa shape index (κ2) is 6.95. The van der Waals surface area contributed by atoms with Gasteiger partial charge < -0.3 is 19.9 Å². The van der Waals surface area contributed by atoms with E-state index in [1.54, 1.807) is 30.3 Å². The fraction of sp³-hybridized carbons (Fsp3) is 0.250. The third-order valence-electron chi connectivity index (χ3n) is 3.10. The van der Waals surface area contributed by atoms with Gasteiger partial charge in [-0.05, 0) is 29.8 Å². The van der Waals surface area contributed by atoms with Gasteiger partial charge in [-0.2, -0.15) is 0 Å². The van der Waals surface area contributed by atoms with Crippen molar-refractivity contribution < 1.29 is 18.6 Å². The summed E-state index contributed by atoms with van der Waals surface area (Å²) in [5, 5.41) is 0. The van der Waals surface area contributed by atoms with Gasteiger partial charge in [0.25, 0.3) is 0 Å². The molecule has 0 aliphatic rings. The number of hydrogen-bond donors (Lipinski definition) is 1. The van der Waals surface area contributed by atoms with Gasteiger partial charge in [-0.3, -0.25) is 0 Å². The first-order valence-corrected chi connectivity index (χ1v) is 6.50. The van der Waals surface area contributed by atoms with Crippen molar-refractivity contribution in [3.05, 3.63) is 53.3 Å². The number of ether oxygens (including phenoxy) is 3. The number of para-hydroxylation sites is 1. The summed E-state index contributed by atoms with van der Waals surface area (Å²) in [7, 11) is 3.08. The first-order chi connectivity index (χ1) is 10.2. The largest absolute Gasteiger partial charge is 0.493 e. The lowest BCUT2D eigenvalue weighted by Crippen LogP contribution is -2.04. The van der Waals surface area contributed by atoms with Crippen LogP contribution in [0.15, 0.2) is 36.4 Å². The molecule has 0 aromatic heterocycles. The second-order valence-corrected chi connectivity index (χ2v) is 4.41. The molecule has 0 radical (unpaired) electrons. The summed E-state index contributed by atoms with van der Waals surface area (Å²) in [6.07, 6.45) is 0. The molecular formula is C16H18FNO3. The van der Waals surface area contributed by atoms with Gasteiger partial charge in [0.15, 0.2) is 11.5 Å². The summed E-state index contributed by atoms with van der Waals surface area (Å²) in [5.41, 5.74) is 6.85. The Bertz CT molecular complexity index is 594. The average molecular weight is 291 g/mol. The van der Waals surface area contributed by atoms with E-state index in [-0.39, 0.29) is 12.4 Å². The molecule has 0 aliphatic heterocycles. The summed E-state index contributed by atoms with van der Waals surface area (Å²) < 4.78 is 29.9. The van der Waals surface area contributed by atoms with Gasteiger partial charge >= 0.3 is 0 Å². The molecule has 0 saturated heterocycles. The highest BCUT2D eigenvalue weighted by molar-refractivity contribution is 5.51. The molecule has 0 unspecified atom stereocenters. The zero-order valence-corrected chi connectivity index (χ0v) is 12.1. The number of hydrogen-bond acceptors (Lipinski definition) is 4. The van der Waals surface area contributed by atoms with E-state index in [2.05, 4.69) is 0 Å². The first kappa shape index (κ1) is 15.1. The summed E-state index contributed by atoms with van der Waals surface area (Å²) in [6, 6.07) is 10.0. The van der Waals surface area contributed by atoms with E-state index in [9.17, 15) is 4.39 Å². The van der Waals surface area contributed by atoms with E-state index in [1.807, 2.05) is 0 Å². The topological polar surface area (TPSA) is 53.7 Å². The zero-order valence-electron chi connectivity index (χ0n) is 12.1. The van der Waals surface area contributed by atoms with Gasteiger partial charge in [-0.1, -0.05) is 12.1 Å². The normalized spacial score (nSPS) is 10.3. The highest BCUT2D eigenvalue weighted by atomic mass is 19.1. The number of benzene rings is 2. The highest BCUT2D eigenvalue weighted by Gasteiger charge is 2.12. The van der Waals surface area contributed by atoms with E-state index in [1.165, 1.54) is 20.3 Å². The molecular weight excluding hydrogens is 273 g/mol. The van der Waals surface area contributed by atoms with Crippen LogP contribution in [0.2, 0.25) is 0 Å². The van der Waals surface area contributed by atoms with Crippen LogP contribution in [0.1, 0.15) is 11.1 Å². The number of nitrogens with two attached hydrogens (primary N) is 1. The molecule has 0 fully saturated rings. The van der Waals surface area contributed by atoms with Crippen molar-refractivity contribution in [2.24, 2.45) is 5.73 Å². The van der Waals surface area contributed by atoms with Crippen molar-refractivity contribution >= 4 is 0 Å². The van der Waals surface area contributed by atoms with E-state index in [4.69, 9.17) is 19.9 Å². The molecule has 0 aliphatic carbocycles. The van der Waals surface area contributed by atoms with Crippen LogP contribution in [-0.2, 0) is 13.2 Å². The van der Waals surface area contributed by atoms with Crippen LogP contribution < -0.4 is 19.9 Å². The summed E-state index contributed by atoms with van der Waals surface area (Å²) in [5.74, 6) is 1.18. The van der Waals surface area contributed by atoms with E-state index in [0.29, 0.717) is 29.4 Å². The molecule has 0 atom stereocenters. The lowest BCUT2D eigenvalue weighted by Gasteiger charge is -2.14. The number of methoxy groups -OCH3 is 2. The Kier molecular flexibility index (Phi) is 5.00. The molecule has 21 heavy (non-hydrogen) atoms. The predicted molar refractivity (Wildman–Crippen MR) is 78.2 cm³/mol. The van der Waals surface area contributed by atoms with Gasteiger partial charge in [0.2, 0.25) is 5.75 Å². The molecule has 2 aromatic carbocycles. The Morgan fingerprint density at radius 2 is 1.71 bits per heavy atom. The quantitative estimate of drug-likeness (QED) is 0.889. The minimum atomic E-state index is -0.332. The van der Waals surface area contributed by atoms with Crippen molar-refractivity contribution in [3.8, 4) is 17.2 Å². The van der Waals surface area contributed by atoms with Gasteiger partial charge in [0.1, 0.15) is 12.4 Å². The Morgan fingerprint density at radius 1 is 1.05 bits per heavy atom. The van der Waals surface area contributed by atoms with Crippen LogP contribution in [0.4, 0.5) is 4.39 Å². The fourth-order valence-corrected chi connectivity index (χ4v) is 1.98. The van der Waals surface area contributed by atoms with Crippen LogP contribution in [0.3, 0.4) is 0 Å². The van der Waals surface area contributed by atoms with E-state index < -0.39 is 0 Å². The maximum Gasteiger partial charge on any atom is 0.203 e. The van der Waals surface area contributed by atoms with Crippen LogP contribution in [0.25, 0.3) is 0 Å². The van der Waals surface area contributed by atoms with Gasteiger partial charge in [-0.25, -0.2) is 4.39 Å². The fourth-order valence-electron chi connectivity index (χ4n) is 1.98. The van der Waals surface area contributed by atoms with Gasteiger partial charge in [0.05, 0.1) is 14.2 Å². The molecule has 2 N–H and O–H groups in total. The van der Waals surface area contributed by atoms with Crippen molar-refractivity contribution in [2.75, 3.05) is 14.2 Å². The van der Waals surface area contributed by atoms with Crippen molar-refractivity contribution in [1.29, 1.82) is 0 Å². The Balaban J connectivity index is 2.24. The minimum absolute atomic E-state index is 0.0659. The molecule has 0 spiro atoms. The minimum Gasteiger partial charge on any atom is -0.493 e. The SMILES string of the molecule is COc1cccc(OC)c1OCc1cc(CN)ccc1F. The molecule has 0 amide bonds. The second-order valence-electron chi connectivity index (χ2n) is 4.41. The van der Waals surface area contributed by atoms with E-state index >= 15 is 0 Å². The van der Waals surface area contributed by atoms with Crippen LogP contribution >= 0.6 is 0 Å². The molecule has 112 valence electrons. The number of rotatable bonds is 6. The Hall–Kier alpha value is -2.27. The summed E-state index contributed by atoms with van der Waals surface area (Å²) >= 11 is 0. The van der Waals surface area contributed by atoms with E-state index in [0.717, 1.165) is 5.56 Å². The monoisotopic (exact) mass is 291 g/mol. The zero-order chi connectivity index (χ0) is 15.2. The van der Waals surface area contributed by atoms with Crippen LogP contribution in [0.5, 0.6) is 17.2 Å². The smallest absolute Gasteiger partial charge is 0.203 e. The van der Waals surface area contributed by atoms with Gasteiger partial charge in [-0.15, -0.1) is 0 Å². The predicted octanol–water partition coefficient (Wildman–Crippen LogP) is 2.88. The first-order valence-electron chi connectivity index (χ1n) is 6.50. The summed E-state index contributed by atoms with van der Waals surface area (Å²) in [6.45, 7) is 0.418. The van der Waals surface area contributed by atoms with Crippen LogP contribution in [-0.4, -0.2) is 14.2 Å². The molecule has 0 heterocycles. The average Bonchev–Trinajstić information content (AvgIpc) is 2.53. The third-order valence-corrected chi connectivity index (χ3v) is 3.10. The molecule has 0 bridgehead atoms. The van der Waals surface area contributed by atoms with Crippen molar-refractivity contribution in [1.82, 2.24) is 0 Å². The Labute approximate surface area is 123 Å². The molecule has 0 saturated carbocycles. The maximum absolute atomic E-state index is 13.8. The molecule has 2 rings (SSSR count). The lowest BCUT2D eigenvalue weighted by atomic mass is 10.1. The highest BCUT2D eigenvalue weighted by Crippen LogP contribution is 2.37. The molecule has 4 nitrogen and oxygen atoms in total. The van der Waals surface area contributed by atoms with Gasteiger partial charge in [0, 0.05) is 12.1 Å². The number of halogens is 1. The third kappa shape index (κ3) is 3.44. The lowest BCUT2D eigenvalue weighted by molar-refractivity contribution is 0.262. The van der Waals surface area contributed by atoms with Crippen LogP contribution in [0, 0.1) is 5.82 Å². The Morgan fingerprint density at radius 3 is 2.29 bits per heavy atom. The summed E-state index contributed by atoms with van der Waals surface area (Å²) in [4.78, 5) is 0. The maximum atomic E-state index is 13.8. The molecule has 5 heteroatoms. The standard InChI is InChI=1S/C16H18FNO3/c1-19-14-4-3-5-15(20-2)16(14)21-10-12-8-11(9-18)6-7-13(12)17/h3-8H,9-10,18H2,1-2H3. The molecule has 2 aromatic rings. The van der Waals surface area contributed by atoms with Crippen molar-refractivity contribution in [3.63, 3.8) is 0 Å². The van der Waals surface area contributed by atoms with Crippen molar-refractivity contribution in [2.45, 2.75) is 13.2 Å².